The summed E-state index contributed by atoms with van der Waals surface area (Å²) in [5.74, 6) is 0. The Morgan fingerprint density at radius 1 is 0.250 bits per heavy atom. The Morgan fingerprint density at radius 2 is 0.647 bits per heavy atom. The Labute approximate surface area is 393 Å². The molecule has 0 unspecified atom stereocenters. The molecule has 0 atom stereocenters. The minimum Gasteiger partial charge on any atom is -0.294 e. The standard InChI is InChI=1S/C64H40N4/c1-3-16-46(17-4-1)67-60-32-30-41(39-58(60)56-28-14-34-65-63(56)67)43-36-44(42-31-33-61-59(40-42)57-29-15-35-66-64(57)68(61)47-18-5-2-6-19-47)38-45(37-43)48-26-13-27-55-53-23-10-9-22-51(53)49-20-7-8-21-50(49)52-24-11-12-25-54(52)62(48)55/h1-40H. The molecule has 4 heterocycles. The number of fused-ring (bicyclic) bond motifs is 14. The molecule has 0 fully saturated rings. The van der Waals surface area contributed by atoms with Gasteiger partial charge in [0.25, 0.3) is 0 Å². The fourth-order valence-electron chi connectivity index (χ4n) is 11.0. The molecule has 4 heteroatoms. The van der Waals surface area contributed by atoms with Crippen LogP contribution in [0.2, 0.25) is 0 Å². The molecule has 0 saturated heterocycles. The molecule has 9 aromatic carbocycles. The molecule has 4 nitrogen and oxygen atoms in total. The van der Waals surface area contributed by atoms with Gasteiger partial charge in [-0.1, -0.05) is 140 Å². The highest BCUT2D eigenvalue weighted by Crippen LogP contribution is 2.51. The first-order valence-corrected chi connectivity index (χ1v) is 23.2. The minimum atomic E-state index is 0.946. The van der Waals surface area contributed by atoms with Crippen molar-refractivity contribution >= 4 is 43.9 Å². The number of hydrogen-bond donors (Lipinski definition) is 0. The first-order valence-electron chi connectivity index (χ1n) is 23.2. The lowest BCUT2D eigenvalue weighted by Gasteiger charge is -2.25. The molecule has 1 aliphatic rings. The number of rotatable bonds is 5. The third-order valence-corrected chi connectivity index (χ3v) is 14.0. The quantitative estimate of drug-likeness (QED) is 0.173. The summed E-state index contributed by atoms with van der Waals surface area (Å²) in [5.41, 5.74) is 23.1. The molecule has 316 valence electrons. The van der Waals surface area contributed by atoms with Gasteiger partial charge in [-0.05, 0) is 169 Å². The molecule has 0 N–H and O–H groups in total. The van der Waals surface area contributed by atoms with Crippen LogP contribution < -0.4 is 0 Å². The van der Waals surface area contributed by atoms with E-state index in [2.05, 4.69) is 228 Å². The van der Waals surface area contributed by atoms with Gasteiger partial charge in [0.2, 0.25) is 0 Å². The Bertz CT molecular complexity index is 3960. The van der Waals surface area contributed by atoms with Gasteiger partial charge in [-0.25, -0.2) is 9.97 Å². The summed E-state index contributed by atoms with van der Waals surface area (Å²) >= 11 is 0. The number of nitrogens with zero attached hydrogens (tertiary/aromatic N) is 4. The highest BCUT2D eigenvalue weighted by Gasteiger charge is 2.25. The van der Waals surface area contributed by atoms with Crippen LogP contribution >= 0.6 is 0 Å². The van der Waals surface area contributed by atoms with Crippen molar-refractivity contribution in [1.29, 1.82) is 0 Å². The van der Waals surface area contributed by atoms with E-state index in [1.165, 1.54) is 50.1 Å². The maximum atomic E-state index is 4.93. The fourth-order valence-corrected chi connectivity index (χ4v) is 11.0. The molecular weight excluding hydrogens is 825 g/mol. The summed E-state index contributed by atoms with van der Waals surface area (Å²) in [6.07, 6.45) is 3.78. The van der Waals surface area contributed by atoms with Gasteiger partial charge in [0.1, 0.15) is 11.3 Å². The molecule has 13 aromatic rings. The summed E-state index contributed by atoms with van der Waals surface area (Å²) in [7, 11) is 0. The van der Waals surface area contributed by atoms with Crippen molar-refractivity contribution in [2.75, 3.05) is 0 Å². The molecular formula is C64H40N4. The van der Waals surface area contributed by atoms with Crippen molar-refractivity contribution in [3.8, 4) is 89.3 Å². The van der Waals surface area contributed by atoms with Crippen LogP contribution in [-0.2, 0) is 0 Å². The Morgan fingerprint density at radius 3 is 1.15 bits per heavy atom. The second-order valence-electron chi connectivity index (χ2n) is 17.7. The first kappa shape index (κ1) is 38.2. The van der Waals surface area contributed by atoms with Crippen LogP contribution in [0.15, 0.2) is 243 Å². The van der Waals surface area contributed by atoms with Gasteiger partial charge in [-0.2, -0.15) is 0 Å². The third-order valence-electron chi connectivity index (χ3n) is 14.0. The summed E-state index contributed by atoms with van der Waals surface area (Å²) < 4.78 is 4.56. The van der Waals surface area contributed by atoms with E-state index in [9.17, 15) is 0 Å². The average molecular weight is 865 g/mol. The van der Waals surface area contributed by atoms with Gasteiger partial charge in [-0.15, -0.1) is 0 Å². The monoisotopic (exact) mass is 864 g/mol. The molecule has 0 bridgehead atoms. The van der Waals surface area contributed by atoms with E-state index in [0.29, 0.717) is 0 Å². The van der Waals surface area contributed by atoms with Gasteiger partial charge in [0.05, 0.1) is 11.0 Å². The van der Waals surface area contributed by atoms with Gasteiger partial charge in [0.15, 0.2) is 0 Å². The lowest BCUT2D eigenvalue weighted by molar-refractivity contribution is 1.14. The molecule has 0 saturated carbocycles. The summed E-state index contributed by atoms with van der Waals surface area (Å²) in [5, 5.41) is 4.58. The zero-order valence-electron chi connectivity index (χ0n) is 36.9. The van der Waals surface area contributed by atoms with Crippen LogP contribution in [-0.4, -0.2) is 19.1 Å². The largest absolute Gasteiger partial charge is 0.294 e. The normalized spacial score (nSPS) is 11.8. The molecule has 1 aliphatic carbocycles. The molecule has 0 aliphatic heterocycles. The predicted molar refractivity (Wildman–Crippen MR) is 282 cm³/mol. The lowest BCUT2D eigenvalue weighted by atomic mass is 9.78. The molecule has 0 radical (unpaired) electrons. The van der Waals surface area contributed by atoms with E-state index in [0.717, 1.165) is 83.1 Å². The summed E-state index contributed by atoms with van der Waals surface area (Å²) in [4.78, 5) is 9.87. The van der Waals surface area contributed by atoms with Crippen molar-refractivity contribution in [2.45, 2.75) is 0 Å². The number of aromatic nitrogens is 4. The molecule has 14 rings (SSSR count). The van der Waals surface area contributed by atoms with Gasteiger partial charge < -0.3 is 0 Å². The van der Waals surface area contributed by atoms with E-state index >= 15 is 0 Å². The smallest absolute Gasteiger partial charge is 0.145 e. The van der Waals surface area contributed by atoms with Crippen molar-refractivity contribution in [1.82, 2.24) is 19.1 Å². The highest BCUT2D eigenvalue weighted by molar-refractivity contribution is 6.12. The van der Waals surface area contributed by atoms with E-state index in [1.54, 1.807) is 0 Å². The maximum absolute atomic E-state index is 4.93. The Kier molecular flexibility index (Phi) is 8.55. The number of benzene rings is 9. The molecule has 0 spiro atoms. The molecule has 0 amide bonds. The molecule has 68 heavy (non-hydrogen) atoms. The van der Waals surface area contributed by atoms with Crippen molar-refractivity contribution in [3.63, 3.8) is 0 Å². The van der Waals surface area contributed by atoms with Crippen molar-refractivity contribution < 1.29 is 0 Å². The first-order chi connectivity index (χ1) is 33.7. The van der Waals surface area contributed by atoms with Crippen LogP contribution in [0.3, 0.4) is 0 Å². The van der Waals surface area contributed by atoms with E-state index < -0.39 is 0 Å². The highest BCUT2D eigenvalue weighted by atomic mass is 15.1. The average Bonchev–Trinajstić information content (AvgIpc) is 3.93. The van der Waals surface area contributed by atoms with Crippen molar-refractivity contribution in [3.05, 3.63) is 243 Å². The number of para-hydroxylation sites is 2. The van der Waals surface area contributed by atoms with Crippen molar-refractivity contribution in [2.24, 2.45) is 0 Å². The second kappa shape index (κ2) is 15.2. The van der Waals surface area contributed by atoms with Crippen LogP contribution in [0.1, 0.15) is 0 Å². The summed E-state index contributed by atoms with van der Waals surface area (Å²) in [6.45, 7) is 0. The number of hydrogen-bond acceptors (Lipinski definition) is 2. The second-order valence-corrected chi connectivity index (χ2v) is 17.7. The van der Waals surface area contributed by atoms with Gasteiger partial charge in [-0.3, -0.25) is 9.13 Å². The van der Waals surface area contributed by atoms with Crippen LogP contribution in [0, 0.1) is 0 Å². The van der Waals surface area contributed by atoms with Gasteiger partial charge in [0, 0.05) is 45.3 Å². The van der Waals surface area contributed by atoms with Crippen LogP contribution in [0.4, 0.5) is 0 Å². The fraction of sp³-hybridized carbons (Fsp3) is 0. The van der Waals surface area contributed by atoms with E-state index in [1.807, 2.05) is 24.5 Å². The van der Waals surface area contributed by atoms with Crippen LogP contribution in [0.25, 0.3) is 133 Å². The van der Waals surface area contributed by atoms with E-state index in [4.69, 9.17) is 9.97 Å². The van der Waals surface area contributed by atoms with Crippen LogP contribution in [0.5, 0.6) is 0 Å². The van der Waals surface area contributed by atoms with E-state index in [-0.39, 0.29) is 0 Å². The summed E-state index contributed by atoms with van der Waals surface area (Å²) in [6, 6.07) is 84.2. The zero-order valence-corrected chi connectivity index (χ0v) is 36.9. The Hall–Kier alpha value is -9.12. The number of pyridine rings is 2. The maximum Gasteiger partial charge on any atom is 0.145 e. The zero-order chi connectivity index (χ0) is 44.7. The third kappa shape index (κ3) is 5.87. The topological polar surface area (TPSA) is 35.6 Å². The Balaban J connectivity index is 1.04. The predicted octanol–water partition coefficient (Wildman–Crippen LogP) is 16.7. The minimum absolute atomic E-state index is 0.946. The SMILES string of the molecule is c1ccc(-n2c3ccc(-c4cc(-c5ccc6c(c5)c5cccnc5n6-c5ccccc5)cc(-c5cccc6c5-c5ccccc5-c5ccccc5-c5ccccc5-6)c4)cc3c3cccnc32)cc1. The molecule has 4 aromatic heterocycles. The lowest BCUT2D eigenvalue weighted by Crippen LogP contribution is -1.99. The van der Waals surface area contributed by atoms with Gasteiger partial charge >= 0.3 is 0 Å².